The van der Waals surface area contributed by atoms with Gasteiger partial charge < -0.3 is 4.90 Å². The largest absolute Gasteiger partial charge is 0.377 e. The van der Waals surface area contributed by atoms with Crippen LogP contribution in [0.25, 0.3) is 0 Å². The van der Waals surface area contributed by atoms with Crippen LogP contribution in [0.2, 0.25) is 0 Å². The van der Waals surface area contributed by atoms with Gasteiger partial charge in [-0.3, -0.25) is 14.9 Å². The minimum Gasteiger partial charge on any atom is -0.377 e. The van der Waals surface area contributed by atoms with Crippen LogP contribution >= 0.6 is 0 Å². The number of hydrogen-bond acceptors (Lipinski definition) is 5. The van der Waals surface area contributed by atoms with Crippen LogP contribution < -0.4 is 10.3 Å². The van der Waals surface area contributed by atoms with Gasteiger partial charge in [0.2, 0.25) is 5.91 Å². The van der Waals surface area contributed by atoms with E-state index in [1.807, 2.05) is 32.8 Å². The van der Waals surface area contributed by atoms with Crippen LogP contribution in [0.1, 0.15) is 25.8 Å². The molecular formula is C14H20N4O3. The average Bonchev–Trinajstić information content (AvgIpc) is 2.37. The number of non-ortho nitro benzene ring substituents is 1. The molecule has 0 fully saturated rings. The lowest BCUT2D eigenvalue weighted by Gasteiger charge is -2.14. The number of nitrogens with one attached hydrogen (secondary N) is 1. The molecule has 7 nitrogen and oxygen atoms in total. The van der Waals surface area contributed by atoms with Crippen molar-refractivity contribution in [1.82, 2.24) is 5.43 Å². The number of amides is 1. The van der Waals surface area contributed by atoms with Crippen molar-refractivity contribution in [3.63, 3.8) is 0 Å². The summed E-state index contributed by atoms with van der Waals surface area (Å²) in [7, 11) is 3.66. The second kappa shape index (κ2) is 7.37. The van der Waals surface area contributed by atoms with Gasteiger partial charge >= 0.3 is 0 Å². The first kappa shape index (κ1) is 16.6. The van der Waals surface area contributed by atoms with Crippen molar-refractivity contribution in [2.75, 3.05) is 19.0 Å². The zero-order valence-corrected chi connectivity index (χ0v) is 12.7. The number of nitro groups is 1. The summed E-state index contributed by atoms with van der Waals surface area (Å²) in [4.78, 5) is 23.7. The van der Waals surface area contributed by atoms with Crippen LogP contribution in [-0.2, 0) is 4.79 Å². The van der Waals surface area contributed by atoms with Crippen LogP contribution in [0.5, 0.6) is 0 Å². The maximum Gasteiger partial charge on any atom is 0.270 e. The number of nitrogens with zero attached hydrogens (tertiary/aromatic N) is 3. The van der Waals surface area contributed by atoms with E-state index < -0.39 is 4.92 Å². The van der Waals surface area contributed by atoms with Crippen LogP contribution in [0, 0.1) is 16.0 Å². The highest BCUT2D eigenvalue weighted by Crippen LogP contribution is 2.22. The Bertz CT molecular complexity index is 553. The summed E-state index contributed by atoms with van der Waals surface area (Å²) < 4.78 is 0. The molecule has 0 heterocycles. The van der Waals surface area contributed by atoms with E-state index in [9.17, 15) is 14.9 Å². The first-order valence-corrected chi connectivity index (χ1v) is 6.59. The van der Waals surface area contributed by atoms with E-state index in [4.69, 9.17) is 0 Å². The molecule has 0 bridgehead atoms. The van der Waals surface area contributed by atoms with Gasteiger partial charge in [0, 0.05) is 43.9 Å². The smallest absolute Gasteiger partial charge is 0.270 e. The Labute approximate surface area is 123 Å². The number of hydrazone groups is 1. The van der Waals surface area contributed by atoms with Crippen molar-refractivity contribution in [3.8, 4) is 0 Å². The highest BCUT2D eigenvalue weighted by Gasteiger charge is 2.11. The van der Waals surface area contributed by atoms with Crippen LogP contribution in [0.3, 0.4) is 0 Å². The molecule has 1 aromatic carbocycles. The number of benzene rings is 1. The summed E-state index contributed by atoms with van der Waals surface area (Å²) in [5, 5.41) is 14.7. The third kappa shape index (κ3) is 5.21. The van der Waals surface area contributed by atoms with E-state index in [0.717, 1.165) is 5.69 Å². The number of nitro benzene ring substituents is 1. The molecule has 0 aromatic heterocycles. The third-order valence-corrected chi connectivity index (χ3v) is 2.69. The van der Waals surface area contributed by atoms with Crippen LogP contribution in [-0.4, -0.2) is 31.1 Å². The Morgan fingerprint density at radius 3 is 2.67 bits per heavy atom. The molecule has 0 saturated heterocycles. The topological polar surface area (TPSA) is 87.8 Å². The molecule has 7 heteroatoms. The molecule has 1 aromatic rings. The molecular weight excluding hydrogens is 272 g/mol. The number of anilines is 1. The molecule has 0 spiro atoms. The normalized spacial score (nSPS) is 10.9. The Morgan fingerprint density at radius 2 is 2.14 bits per heavy atom. The van der Waals surface area contributed by atoms with E-state index in [-0.39, 0.29) is 17.5 Å². The molecule has 0 atom stereocenters. The van der Waals surface area contributed by atoms with E-state index in [1.165, 1.54) is 18.3 Å². The Kier molecular flexibility index (Phi) is 5.83. The first-order chi connectivity index (χ1) is 9.81. The minimum absolute atomic E-state index is 0.0180. The van der Waals surface area contributed by atoms with E-state index in [0.29, 0.717) is 12.0 Å². The standard InChI is InChI=1S/C14H20N4O3/c1-10(2)7-14(19)16-15-9-11-8-12(18(20)21)5-6-13(11)17(3)4/h5-6,8-10H,7H2,1-4H3,(H,16,19)/b15-9-. The molecule has 1 N–H and O–H groups in total. The molecule has 0 unspecified atom stereocenters. The monoisotopic (exact) mass is 292 g/mol. The summed E-state index contributed by atoms with van der Waals surface area (Å²) in [5.41, 5.74) is 3.75. The number of rotatable bonds is 6. The second-order valence-corrected chi connectivity index (χ2v) is 5.29. The third-order valence-electron chi connectivity index (χ3n) is 2.69. The zero-order chi connectivity index (χ0) is 16.0. The van der Waals surface area contributed by atoms with Gasteiger partial charge in [-0.2, -0.15) is 5.10 Å². The van der Waals surface area contributed by atoms with Gasteiger partial charge in [0.15, 0.2) is 0 Å². The highest BCUT2D eigenvalue weighted by atomic mass is 16.6. The van der Waals surface area contributed by atoms with Crippen LogP contribution in [0.4, 0.5) is 11.4 Å². The lowest BCUT2D eigenvalue weighted by molar-refractivity contribution is -0.384. The Morgan fingerprint density at radius 1 is 1.48 bits per heavy atom. The number of hydrogen-bond donors (Lipinski definition) is 1. The van der Waals surface area contributed by atoms with E-state index >= 15 is 0 Å². The highest BCUT2D eigenvalue weighted by molar-refractivity contribution is 5.90. The number of carbonyl (C=O) groups excluding carboxylic acids is 1. The maximum absolute atomic E-state index is 11.5. The molecule has 0 radical (unpaired) electrons. The van der Waals surface area contributed by atoms with Gasteiger partial charge in [0.1, 0.15) is 0 Å². The molecule has 114 valence electrons. The van der Waals surface area contributed by atoms with Crippen molar-refractivity contribution >= 4 is 23.5 Å². The molecule has 1 rings (SSSR count). The fourth-order valence-electron chi connectivity index (χ4n) is 1.76. The van der Waals surface area contributed by atoms with Gasteiger partial charge in [0.25, 0.3) is 5.69 Å². The fraction of sp³-hybridized carbons (Fsp3) is 0.429. The quantitative estimate of drug-likeness (QED) is 0.494. The molecule has 0 aliphatic carbocycles. The predicted octanol–water partition coefficient (Wildman–Crippen LogP) is 2.16. The molecule has 0 aliphatic heterocycles. The maximum atomic E-state index is 11.5. The molecule has 0 saturated carbocycles. The van der Waals surface area contributed by atoms with Crippen molar-refractivity contribution in [1.29, 1.82) is 0 Å². The minimum atomic E-state index is -0.464. The summed E-state index contributed by atoms with van der Waals surface area (Å²) in [5.74, 6) is 0.0634. The van der Waals surface area contributed by atoms with Gasteiger partial charge in [-0.25, -0.2) is 5.43 Å². The second-order valence-electron chi connectivity index (χ2n) is 5.29. The lowest BCUT2D eigenvalue weighted by Crippen LogP contribution is -2.19. The van der Waals surface area contributed by atoms with Gasteiger partial charge in [-0.1, -0.05) is 13.8 Å². The van der Waals surface area contributed by atoms with Crippen LogP contribution in [0.15, 0.2) is 23.3 Å². The van der Waals surface area contributed by atoms with Crippen molar-refractivity contribution in [2.24, 2.45) is 11.0 Å². The Hall–Kier alpha value is -2.44. The SMILES string of the molecule is CC(C)CC(=O)N/N=C\c1cc([N+](=O)[O-])ccc1N(C)C. The predicted molar refractivity (Wildman–Crippen MR) is 82.6 cm³/mol. The molecule has 21 heavy (non-hydrogen) atoms. The molecule has 1 amide bonds. The van der Waals surface area contributed by atoms with Gasteiger partial charge in [-0.15, -0.1) is 0 Å². The average molecular weight is 292 g/mol. The van der Waals surface area contributed by atoms with Crippen molar-refractivity contribution in [3.05, 3.63) is 33.9 Å². The van der Waals surface area contributed by atoms with Crippen molar-refractivity contribution < 1.29 is 9.72 Å². The van der Waals surface area contributed by atoms with E-state index in [2.05, 4.69) is 10.5 Å². The number of carbonyl (C=O) groups is 1. The fourth-order valence-corrected chi connectivity index (χ4v) is 1.76. The zero-order valence-electron chi connectivity index (χ0n) is 12.7. The molecule has 0 aliphatic rings. The van der Waals surface area contributed by atoms with E-state index in [1.54, 1.807) is 6.07 Å². The summed E-state index contributed by atoms with van der Waals surface area (Å²) in [6.45, 7) is 3.88. The summed E-state index contributed by atoms with van der Waals surface area (Å²) in [6.07, 6.45) is 1.80. The summed E-state index contributed by atoms with van der Waals surface area (Å²) >= 11 is 0. The summed E-state index contributed by atoms with van der Waals surface area (Å²) in [6, 6.07) is 4.51. The van der Waals surface area contributed by atoms with Crippen molar-refractivity contribution in [2.45, 2.75) is 20.3 Å². The Balaban J connectivity index is 2.91. The lowest BCUT2D eigenvalue weighted by atomic mass is 10.1. The van der Waals surface area contributed by atoms with Gasteiger partial charge in [-0.05, 0) is 12.0 Å². The first-order valence-electron chi connectivity index (χ1n) is 6.59. The van der Waals surface area contributed by atoms with Gasteiger partial charge in [0.05, 0.1) is 11.1 Å².